The van der Waals surface area contributed by atoms with E-state index < -0.39 is 0 Å². The van der Waals surface area contributed by atoms with E-state index in [9.17, 15) is 4.79 Å². The minimum Gasteiger partial charge on any atom is -0.483 e. The van der Waals surface area contributed by atoms with Gasteiger partial charge in [-0.1, -0.05) is 12.1 Å². The zero-order valence-electron chi connectivity index (χ0n) is 12.1. The summed E-state index contributed by atoms with van der Waals surface area (Å²) in [5.74, 6) is 0.803. The molecule has 0 aliphatic heterocycles. The van der Waals surface area contributed by atoms with Crippen molar-refractivity contribution in [1.29, 1.82) is 0 Å². The van der Waals surface area contributed by atoms with Gasteiger partial charge in [0.15, 0.2) is 6.61 Å². The van der Waals surface area contributed by atoms with E-state index in [4.69, 9.17) is 9.84 Å². The third-order valence-corrected chi connectivity index (χ3v) is 2.98. The molecular weight excluding hydrogens is 268 g/mol. The number of amides is 1. The molecule has 0 radical (unpaired) electrons. The first kappa shape index (κ1) is 15.0. The summed E-state index contributed by atoms with van der Waals surface area (Å²) in [5, 5.41) is 11.7. The standard InChI is InChI=1S/C16H18N2O3/c1-11-3-4-12(2)14(7-11)21-10-16(20)18-15-8-13(9-19)5-6-17-15/h3-8,19H,9-10H2,1-2H3,(H,17,18,20). The number of aryl methyl sites for hydroxylation is 2. The lowest BCUT2D eigenvalue weighted by molar-refractivity contribution is -0.118. The molecule has 2 aromatic rings. The highest BCUT2D eigenvalue weighted by Gasteiger charge is 2.07. The van der Waals surface area contributed by atoms with Gasteiger partial charge < -0.3 is 15.2 Å². The Labute approximate surface area is 123 Å². The number of aliphatic hydroxyl groups excluding tert-OH is 1. The smallest absolute Gasteiger partial charge is 0.263 e. The SMILES string of the molecule is Cc1ccc(C)c(OCC(=O)Nc2cc(CO)ccn2)c1. The first-order valence-electron chi connectivity index (χ1n) is 6.64. The Morgan fingerprint density at radius 2 is 2.10 bits per heavy atom. The number of pyridine rings is 1. The molecule has 0 aliphatic rings. The van der Waals surface area contributed by atoms with Crippen LogP contribution in [0.1, 0.15) is 16.7 Å². The van der Waals surface area contributed by atoms with Crippen LogP contribution in [0.2, 0.25) is 0 Å². The maximum atomic E-state index is 11.8. The van der Waals surface area contributed by atoms with Crippen LogP contribution in [0.3, 0.4) is 0 Å². The summed E-state index contributed by atoms with van der Waals surface area (Å²) in [5.41, 5.74) is 2.75. The number of nitrogens with one attached hydrogen (secondary N) is 1. The van der Waals surface area contributed by atoms with Crippen LogP contribution in [0, 0.1) is 13.8 Å². The van der Waals surface area contributed by atoms with E-state index in [1.165, 1.54) is 6.20 Å². The van der Waals surface area contributed by atoms with Gasteiger partial charge in [-0.05, 0) is 48.7 Å². The molecule has 0 aliphatic carbocycles. The molecule has 5 nitrogen and oxygen atoms in total. The van der Waals surface area contributed by atoms with Crippen molar-refractivity contribution in [3.63, 3.8) is 0 Å². The number of hydrogen-bond donors (Lipinski definition) is 2. The highest BCUT2D eigenvalue weighted by atomic mass is 16.5. The zero-order chi connectivity index (χ0) is 15.2. The molecule has 0 spiro atoms. The molecule has 2 rings (SSSR count). The average Bonchev–Trinajstić information content (AvgIpc) is 2.48. The number of benzene rings is 1. The van der Waals surface area contributed by atoms with Crippen molar-refractivity contribution in [3.05, 3.63) is 53.2 Å². The normalized spacial score (nSPS) is 10.2. The first-order chi connectivity index (χ1) is 10.1. The molecule has 0 atom stereocenters. The van der Waals surface area contributed by atoms with Crippen molar-refractivity contribution in [3.8, 4) is 5.75 Å². The van der Waals surface area contributed by atoms with E-state index in [0.717, 1.165) is 11.1 Å². The number of ether oxygens (including phenoxy) is 1. The van der Waals surface area contributed by atoms with Crippen molar-refractivity contribution in [1.82, 2.24) is 4.98 Å². The largest absolute Gasteiger partial charge is 0.483 e. The fourth-order valence-electron chi connectivity index (χ4n) is 1.83. The van der Waals surface area contributed by atoms with Crippen molar-refractivity contribution in [2.75, 3.05) is 11.9 Å². The van der Waals surface area contributed by atoms with Crippen LogP contribution >= 0.6 is 0 Å². The molecule has 0 saturated heterocycles. The maximum absolute atomic E-state index is 11.8. The molecule has 0 saturated carbocycles. The fraction of sp³-hybridized carbons (Fsp3) is 0.250. The van der Waals surface area contributed by atoms with Gasteiger partial charge in [-0.2, -0.15) is 0 Å². The minimum atomic E-state index is -0.293. The predicted molar refractivity (Wildman–Crippen MR) is 80.2 cm³/mol. The summed E-state index contributed by atoms with van der Waals surface area (Å²) < 4.78 is 5.52. The second kappa shape index (κ2) is 6.85. The summed E-state index contributed by atoms with van der Waals surface area (Å²) in [6, 6.07) is 9.15. The number of hydrogen-bond acceptors (Lipinski definition) is 4. The second-order valence-corrected chi connectivity index (χ2v) is 4.81. The quantitative estimate of drug-likeness (QED) is 0.884. The zero-order valence-corrected chi connectivity index (χ0v) is 12.1. The van der Waals surface area contributed by atoms with Gasteiger partial charge in [0.25, 0.3) is 5.91 Å². The number of carbonyl (C=O) groups is 1. The summed E-state index contributed by atoms with van der Waals surface area (Å²) in [7, 11) is 0. The van der Waals surface area contributed by atoms with Crippen LogP contribution in [-0.2, 0) is 11.4 Å². The maximum Gasteiger partial charge on any atom is 0.263 e. The molecule has 1 aromatic heterocycles. The highest BCUT2D eigenvalue weighted by Crippen LogP contribution is 2.19. The third kappa shape index (κ3) is 4.29. The number of aromatic nitrogens is 1. The molecule has 1 amide bonds. The van der Waals surface area contributed by atoms with Gasteiger partial charge in [0.2, 0.25) is 0 Å². The lowest BCUT2D eigenvalue weighted by atomic mass is 10.1. The molecule has 1 aromatic carbocycles. The average molecular weight is 286 g/mol. The Hall–Kier alpha value is -2.40. The molecule has 1 heterocycles. The lowest BCUT2D eigenvalue weighted by Crippen LogP contribution is -2.21. The number of nitrogens with zero attached hydrogens (tertiary/aromatic N) is 1. The van der Waals surface area contributed by atoms with E-state index in [-0.39, 0.29) is 19.1 Å². The monoisotopic (exact) mass is 286 g/mol. The summed E-state index contributed by atoms with van der Waals surface area (Å²) in [4.78, 5) is 15.9. The molecule has 0 bridgehead atoms. The van der Waals surface area contributed by atoms with Crippen molar-refractivity contribution in [2.24, 2.45) is 0 Å². The van der Waals surface area contributed by atoms with Crippen LogP contribution in [0.25, 0.3) is 0 Å². The Morgan fingerprint density at radius 3 is 2.86 bits per heavy atom. The van der Waals surface area contributed by atoms with Crippen LogP contribution in [0.4, 0.5) is 5.82 Å². The van der Waals surface area contributed by atoms with Crippen LogP contribution in [0.5, 0.6) is 5.75 Å². The summed E-state index contributed by atoms with van der Waals surface area (Å²) in [6.07, 6.45) is 1.53. The topological polar surface area (TPSA) is 71.5 Å². The lowest BCUT2D eigenvalue weighted by Gasteiger charge is -2.10. The van der Waals surface area contributed by atoms with E-state index in [2.05, 4.69) is 10.3 Å². The van der Waals surface area contributed by atoms with Gasteiger partial charge in [-0.25, -0.2) is 4.98 Å². The number of carbonyl (C=O) groups excluding carboxylic acids is 1. The Bertz CT molecular complexity index is 641. The minimum absolute atomic E-state index is 0.0880. The number of aliphatic hydroxyl groups is 1. The van der Waals surface area contributed by atoms with Gasteiger partial charge in [0, 0.05) is 6.20 Å². The van der Waals surface area contributed by atoms with Crippen LogP contribution in [0.15, 0.2) is 36.5 Å². The molecule has 0 fully saturated rings. The Kier molecular flexibility index (Phi) is 4.90. The fourth-order valence-corrected chi connectivity index (χ4v) is 1.83. The van der Waals surface area contributed by atoms with Crippen molar-refractivity contribution >= 4 is 11.7 Å². The number of rotatable bonds is 5. The van der Waals surface area contributed by atoms with E-state index >= 15 is 0 Å². The third-order valence-electron chi connectivity index (χ3n) is 2.98. The van der Waals surface area contributed by atoms with Gasteiger partial charge in [0.05, 0.1) is 6.61 Å². The van der Waals surface area contributed by atoms with Gasteiger partial charge >= 0.3 is 0 Å². The first-order valence-corrected chi connectivity index (χ1v) is 6.64. The molecule has 0 unspecified atom stereocenters. The number of anilines is 1. The van der Waals surface area contributed by atoms with Crippen LogP contribution < -0.4 is 10.1 Å². The van der Waals surface area contributed by atoms with Gasteiger partial charge in [-0.15, -0.1) is 0 Å². The summed E-state index contributed by atoms with van der Waals surface area (Å²) >= 11 is 0. The Morgan fingerprint density at radius 1 is 1.29 bits per heavy atom. The van der Waals surface area contributed by atoms with E-state index in [1.54, 1.807) is 12.1 Å². The summed E-state index contributed by atoms with van der Waals surface area (Å²) in [6.45, 7) is 3.72. The van der Waals surface area contributed by atoms with Gasteiger partial charge in [0.1, 0.15) is 11.6 Å². The van der Waals surface area contributed by atoms with Crippen molar-refractivity contribution in [2.45, 2.75) is 20.5 Å². The Balaban J connectivity index is 1.94. The molecular formula is C16H18N2O3. The predicted octanol–water partition coefficient (Wildman–Crippen LogP) is 2.21. The second-order valence-electron chi connectivity index (χ2n) is 4.81. The highest BCUT2D eigenvalue weighted by molar-refractivity contribution is 5.91. The molecule has 21 heavy (non-hydrogen) atoms. The molecule has 5 heteroatoms. The van der Waals surface area contributed by atoms with E-state index in [1.807, 2.05) is 32.0 Å². The van der Waals surface area contributed by atoms with Crippen LogP contribution in [-0.4, -0.2) is 22.6 Å². The van der Waals surface area contributed by atoms with Crippen molar-refractivity contribution < 1.29 is 14.6 Å². The molecule has 2 N–H and O–H groups in total. The van der Waals surface area contributed by atoms with E-state index in [0.29, 0.717) is 17.1 Å². The van der Waals surface area contributed by atoms with Gasteiger partial charge in [-0.3, -0.25) is 4.79 Å². The molecule has 110 valence electrons.